The molecule has 1 aliphatic rings. The number of aryl methyl sites for hydroxylation is 1. The lowest BCUT2D eigenvalue weighted by molar-refractivity contribution is -0.127. The maximum absolute atomic E-state index is 13.9. The number of fused-ring (bicyclic) bond motifs is 1. The molecule has 2 amide bonds. The number of carbonyl (C=O) groups excluding carboxylic acids is 2. The monoisotopic (exact) mass is 602 g/mol. The zero-order valence-electron chi connectivity index (χ0n) is 25.9. The minimum absolute atomic E-state index is 0.0792. The fourth-order valence-electron chi connectivity index (χ4n) is 5.78. The molecule has 0 bridgehead atoms. The Bertz CT molecular complexity index is 1360. The first-order valence-electron chi connectivity index (χ1n) is 15.5. The fraction of sp³-hybridized carbons (Fsp3) is 0.444. The van der Waals surface area contributed by atoms with Crippen LogP contribution in [-0.2, 0) is 35.2 Å². The number of hydrogen-bond acceptors (Lipinski definition) is 6. The van der Waals surface area contributed by atoms with Gasteiger partial charge in [0.2, 0.25) is 5.91 Å². The smallest absolute Gasteiger partial charge is 0.407 e. The van der Waals surface area contributed by atoms with Crippen LogP contribution in [0.25, 0.3) is 0 Å². The number of benzene rings is 3. The molecule has 5 atom stereocenters. The Balaban J connectivity index is 1.56. The topological polar surface area (TPSA) is 128 Å². The molecule has 0 saturated carbocycles. The third kappa shape index (κ3) is 9.64. The molecule has 0 saturated heterocycles. The van der Waals surface area contributed by atoms with E-state index in [-0.39, 0.29) is 18.9 Å². The van der Waals surface area contributed by atoms with E-state index >= 15 is 0 Å². The van der Waals surface area contributed by atoms with E-state index in [1.807, 2.05) is 78.9 Å². The second-order valence-corrected chi connectivity index (χ2v) is 12.7. The van der Waals surface area contributed by atoms with Gasteiger partial charge in [-0.05, 0) is 80.7 Å². The van der Waals surface area contributed by atoms with Gasteiger partial charge >= 0.3 is 6.09 Å². The Hall–Kier alpha value is -3.72. The van der Waals surface area contributed by atoms with Crippen molar-refractivity contribution in [2.24, 2.45) is 5.92 Å². The van der Waals surface area contributed by atoms with E-state index in [1.165, 1.54) is 0 Å². The van der Waals surface area contributed by atoms with Gasteiger partial charge in [-0.3, -0.25) is 4.79 Å². The fourth-order valence-corrected chi connectivity index (χ4v) is 5.78. The van der Waals surface area contributed by atoms with Crippen LogP contribution >= 0.6 is 0 Å². The van der Waals surface area contributed by atoms with Gasteiger partial charge in [0.1, 0.15) is 5.60 Å². The van der Waals surface area contributed by atoms with Crippen molar-refractivity contribution in [1.82, 2.24) is 10.6 Å². The zero-order valence-corrected chi connectivity index (χ0v) is 25.9. The van der Waals surface area contributed by atoms with Crippen molar-refractivity contribution in [1.29, 1.82) is 0 Å². The van der Waals surface area contributed by atoms with Crippen LogP contribution in [0.2, 0.25) is 0 Å². The van der Waals surface area contributed by atoms with Gasteiger partial charge in [0.15, 0.2) is 0 Å². The maximum atomic E-state index is 13.9. The normalized spacial score (nSPS) is 18.1. The minimum Gasteiger partial charge on any atom is -0.444 e. The molecule has 44 heavy (non-hydrogen) atoms. The van der Waals surface area contributed by atoms with E-state index in [2.05, 4.69) is 10.6 Å². The average molecular weight is 603 g/mol. The van der Waals surface area contributed by atoms with Crippen LogP contribution in [-0.4, -0.2) is 57.8 Å². The third-order valence-electron chi connectivity index (χ3n) is 7.99. The van der Waals surface area contributed by atoms with Gasteiger partial charge in [0.05, 0.1) is 24.3 Å². The van der Waals surface area contributed by atoms with Gasteiger partial charge in [-0.25, -0.2) is 4.79 Å². The first-order chi connectivity index (χ1) is 21.0. The number of rotatable bonds is 13. The van der Waals surface area contributed by atoms with Crippen molar-refractivity contribution in [3.8, 4) is 0 Å². The molecule has 236 valence electrons. The van der Waals surface area contributed by atoms with Crippen LogP contribution < -0.4 is 10.6 Å². The average Bonchev–Trinajstić information content (AvgIpc) is 3.30. The Kier molecular flexibility index (Phi) is 11.6. The second kappa shape index (κ2) is 15.3. The molecule has 0 fully saturated rings. The predicted molar refractivity (Wildman–Crippen MR) is 170 cm³/mol. The van der Waals surface area contributed by atoms with E-state index in [0.29, 0.717) is 25.7 Å². The van der Waals surface area contributed by atoms with Crippen LogP contribution in [0, 0.1) is 5.92 Å². The number of ether oxygens (including phenoxy) is 1. The molecule has 4 rings (SSSR count). The number of alkyl carbamates (subject to hydrolysis) is 1. The molecule has 0 aromatic heterocycles. The summed E-state index contributed by atoms with van der Waals surface area (Å²) in [4.78, 5) is 26.7. The summed E-state index contributed by atoms with van der Waals surface area (Å²) < 4.78 is 5.49. The lowest BCUT2D eigenvalue weighted by atomic mass is 9.88. The summed E-state index contributed by atoms with van der Waals surface area (Å²) in [6.07, 6.45) is 0.240. The van der Waals surface area contributed by atoms with Crippen molar-refractivity contribution in [3.05, 3.63) is 107 Å². The largest absolute Gasteiger partial charge is 0.444 e. The number of nitrogens with one attached hydrogen (secondary N) is 2. The van der Waals surface area contributed by atoms with Crippen molar-refractivity contribution in [3.63, 3.8) is 0 Å². The molecule has 1 aliphatic carbocycles. The third-order valence-corrected chi connectivity index (χ3v) is 7.99. The Morgan fingerprint density at radius 3 is 2.23 bits per heavy atom. The lowest BCUT2D eigenvalue weighted by Crippen LogP contribution is -2.48. The minimum atomic E-state index is -1.07. The zero-order chi connectivity index (χ0) is 31.7. The summed E-state index contributed by atoms with van der Waals surface area (Å²) in [5.41, 5.74) is 4.14. The molecule has 0 spiro atoms. The molecular weight excluding hydrogens is 556 g/mol. The summed E-state index contributed by atoms with van der Waals surface area (Å²) in [6.45, 7) is 5.46. The van der Waals surface area contributed by atoms with Crippen molar-refractivity contribution >= 4 is 12.0 Å². The molecule has 3 aromatic rings. The van der Waals surface area contributed by atoms with E-state index in [4.69, 9.17) is 4.74 Å². The highest BCUT2D eigenvalue weighted by Crippen LogP contribution is 2.32. The molecule has 3 unspecified atom stereocenters. The van der Waals surface area contributed by atoms with Gasteiger partial charge in [-0.15, -0.1) is 0 Å². The van der Waals surface area contributed by atoms with Crippen molar-refractivity contribution in [2.45, 2.75) is 89.2 Å². The molecule has 3 aromatic carbocycles. The molecular formula is C36H46N2O6. The van der Waals surface area contributed by atoms with Crippen LogP contribution in [0.5, 0.6) is 0 Å². The highest BCUT2D eigenvalue weighted by molar-refractivity contribution is 5.80. The molecule has 0 aliphatic heterocycles. The number of carbonyl (C=O) groups is 2. The number of amides is 2. The Morgan fingerprint density at radius 2 is 1.55 bits per heavy atom. The van der Waals surface area contributed by atoms with Crippen LogP contribution in [0.15, 0.2) is 78.9 Å². The number of hydrogen-bond donors (Lipinski definition) is 5. The van der Waals surface area contributed by atoms with Gasteiger partial charge in [0, 0.05) is 18.9 Å². The Morgan fingerprint density at radius 1 is 0.909 bits per heavy atom. The van der Waals surface area contributed by atoms with Crippen LogP contribution in [0.4, 0.5) is 4.79 Å². The standard InChI is InChI=1S/C36H46N2O6/c1-36(2,3)44-35(43)37-30(21-25-10-5-4-6-11-25)31(40)23-28(20-26-17-15-24(16-18-26)12-9-19-39)34(42)38-33-29-14-8-7-13-27(29)22-32(33)41/h4-8,10-11,13-18,28,30-33,39-41H,9,12,19-23H2,1-3H3,(H,37,43)(H,38,42)/t28?,30?,31?,32-,33-/m1/s1. The molecule has 5 N–H and O–H groups in total. The molecule has 0 heterocycles. The second-order valence-electron chi connectivity index (χ2n) is 12.7. The first-order valence-corrected chi connectivity index (χ1v) is 15.5. The quantitative estimate of drug-likeness (QED) is 0.197. The summed E-state index contributed by atoms with van der Waals surface area (Å²) in [5, 5.41) is 37.5. The van der Waals surface area contributed by atoms with Gasteiger partial charge in [-0.2, -0.15) is 0 Å². The van der Waals surface area contributed by atoms with Gasteiger partial charge in [-0.1, -0.05) is 78.9 Å². The van der Waals surface area contributed by atoms with Gasteiger partial charge < -0.3 is 30.7 Å². The van der Waals surface area contributed by atoms with E-state index in [1.54, 1.807) is 20.8 Å². The highest BCUT2D eigenvalue weighted by atomic mass is 16.6. The van der Waals surface area contributed by atoms with Crippen molar-refractivity contribution in [2.75, 3.05) is 6.61 Å². The SMILES string of the molecule is CC(C)(C)OC(=O)NC(Cc1ccccc1)C(O)CC(Cc1ccc(CCCO)cc1)C(=O)N[C@@H]1c2ccccc2C[C@H]1O. The molecule has 0 radical (unpaired) electrons. The van der Waals surface area contributed by atoms with E-state index < -0.39 is 41.9 Å². The molecule has 8 nitrogen and oxygen atoms in total. The predicted octanol–water partition coefficient (Wildman–Crippen LogP) is 4.43. The summed E-state index contributed by atoms with van der Waals surface area (Å²) in [5.74, 6) is -0.920. The highest BCUT2D eigenvalue weighted by Gasteiger charge is 2.35. The van der Waals surface area contributed by atoms with Crippen molar-refractivity contribution < 1.29 is 29.6 Å². The summed E-state index contributed by atoms with van der Waals surface area (Å²) >= 11 is 0. The van der Waals surface area contributed by atoms with E-state index in [0.717, 1.165) is 34.2 Å². The van der Waals surface area contributed by atoms with E-state index in [9.17, 15) is 24.9 Å². The summed E-state index contributed by atoms with van der Waals surface area (Å²) in [7, 11) is 0. The maximum Gasteiger partial charge on any atom is 0.407 e. The molecule has 8 heteroatoms. The van der Waals surface area contributed by atoms with Crippen LogP contribution in [0.3, 0.4) is 0 Å². The van der Waals surface area contributed by atoms with Gasteiger partial charge in [0.25, 0.3) is 0 Å². The Labute approximate surface area is 260 Å². The first kappa shape index (κ1) is 33.2. The lowest BCUT2D eigenvalue weighted by Gasteiger charge is -2.30. The number of aliphatic hydroxyl groups excluding tert-OH is 3. The summed E-state index contributed by atoms with van der Waals surface area (Å²) in [6, 6.07) is 23.9. The van der Waals surface area contributed by atoms with Crippen LogP contribution in [0.1, 0.15) is 67.5 Å². The number of aliphatic hydroxyl groups is 3.